The second kappa shape index (κ2) is 4.65. The van der Waals surface area contributed by atoms with Gasteiger partial charge in [0.2, 0.25) is 0 Å². The van der Waals surface area contributed by atoms with Crippen molar-refractivity contribution in [2.45, 2.75) is 57.3 Å². The summed E-state index contributed by atoms with van der Waals surface area (Å²) in [5, 5.41) is 11.2. The molecule has 2 aliphatic carbocycles. The van der Waals surface area contributed by atoms with Crippen molar-refractivity contribution in [1.29, 1.82) is 0 Å². The number of Topliss-reactive ketones (excluding diaryl/α,β-unsaturated/α-hetero) is 1. The molecule has 22 heavy (non-hydrogen) atoms. The van der Waals surface area contributed by atoms with Crippen LogP contribution < -0.4 is 0 Å². The van der Waals surface area contributed by atoms with Gasteiger partial charge in [0.1, 0.15) is 23.6 Å². The van der Waals surface area contributed by atoms with E-state index in [-0.39, 0.29) is 24.5 Å². The number of fused-ring (bicyclic) bond motifs is 3. The molecule has 0 unspecified atom stereocenters. The molecule has 1 saturated heterocycles. The lowest BCUT2D eigenvalue weighted by atomic mass is 9.67. The maximum Gasteiger partial charge on any atom is 0.334 e. The zero-order valence-corrected chi connectivity index (χ0v) is 12.8. The van der Waals surface area contributed by atoms with Crippen molar-refractivity contribution in [3.05, 3.63) is 12.2 Å². The van der Waals surface area contributed by atoms with Crippen LogP contribution in [0, 0.1) is 11.3 Å². The lowest BCUT2D eigenvalue weighted by Gasteiger charge is -2.43. The highest BCUT2D eigenvalue weighted by Gasteiger charge is 2.70. The molecule has 120 valence electrons. The summed E-state index contributed by atoms with van der Waals surface area (Å²) in [6.07, 6.45) is -0.286. The molecule has 1 heterocycles. The molecule has 0 radical (unpaired) electrons. The number of hydrogen-bond acceptors (Lipinski definition) is 6. The van der Waals surface area contributed by atoms with Gasteiger partial charge in [-0.15, -0.1) is 0 Å². The molecule has 3 rings (SSSR count). The zero-order valence-electron chi connectivity index (χ0n) is 12.8. The largest absolute Gasteiger partial charge is 0.459 e. The fraction of sp³-hybridized carbons (Fsp3) is 0.688. The van der Waals surface area contributed by atoms with Crippen LogP contribution in [0.3, 0.4) is 0 Å². The van der Waals surface area contributed by atoms with E-state index >= 15 is 0 Å². The fourth-order valence-corrected chi connectivity index (χ4v) is 4.34. The van der Waals surface area contributed by atoms with E-state index in [1.807, 2.05) is 0 Å². The van der Waals surface area contributed by atoms with Crippen molar-refractivity contribution < 1.29 is 29.0 Å². The topological polar surface area (TPSA) is 89.9 Å². The summed E-state index contributed by atoms with van der Waals surface area (Å²) in [6, 6.07) is 0. The van der Waals surface area contributed by atoms with Crippen molar-refractivity contribution in [2.75, 3.05) is 0 Å². The maximum atomic E-state index is 12.6. The molecule has 6 nitrogen and oxygen atoms in total. The number of rotatable bonds is 1. The van der Waals surface area contributed by atoms with E-state index in [1.54, 1.807) is 6.92 Å². The molecule has 1 aliphatic heterocycles. The number of hydrogen-bond donors (Lipinski definition) is 1. The number of ether oxygens (including phenoxy) is 2. The minimum absolute atomic E-state index is 0.161. The zero-order chi connectivity index (χ0) is 16.3. The fourth-order valence-electron chi connectivity index (χ4n) is 4.34. The van der Waals surface area contributed by atoms with Crippen molar-refractivity contribution in [3.63, 3.8) is 0 Å². The van der Waals surface area contributed by atoms with Gasteiger partial charge in [-0.05, 0) is 26.2 Å². The highest BCUT2D eigenvalue weighted by molar-refractivity contribution is 5.95. The van der Waals surface area contributed by atoms with Gasteiger partial charge >= 0.3 is 11.9 Å². The van der Waals surface area contributed by atoms with Gasteiger partial charge in [-0.25, -0.2) is 4.79 Å². The van der Waals surface area contributed by atoms with Crippen LogP contribution in [0.25, 0.3) is 0 Å². The maximum absolute atomic E-state index is 12.6. The normalized spacial score (nSPS) is 44.1. The van der Waals surface area contributed by atoms with E-state index in [4.69, 9.17) is 9.47 Å². The van der Waals surface area contributed by atoms with Gasteiger partial charge in [0.25, 0.3) is 0 Å². The minimum Gasteiger partial charge on any atom is -0.459 e. The third-order valence-corrected chi connectivity index (χ3v) is 5.67. The average Bonchev–Trinajstić information content (AvgIpc) is 2.83. The Kier molecular flexibility index (Phi) is 3.22. The minimum atomic E-state index is -1.51. The summed E-state index contributed by atoms with van der Waals surface area (Å²) in [7, 11) is 0. The van der Waals surface area contributed by atoms with Gasteiger partial charge in [0.15, 0.2) is 0 Å². The van der Waals surface area contributed by atoms with E-state index in [1.165, 1.54) is 6.92 Å². The molecule has 1 N–H and O–H groups in total. The van der Waals surface area contributed by atoms with Gasteiger partial charge in [0, 0.05) is 24.8 Å². The molecule has 0 aromatic carbocycles. The number of ketones is 1. The predicted molar refractivity (Wildman–Crippen MR) is 74.6 cm³/mol. The Labute approximate surface area is 128 Å². The Hall–Kier alpha value is -1.69. The van der Waals surface area contributed by atoms with Crippen molar-refractivity contribution >= 4 is 17.7 Å². The Morgan fingerprint density at radius 3 is 2.73 bits per heavy atom. The van der Waals surface area contributed by atoms with Gasteiger partial charge in [-0.1, -0.05) is 6.58 Å². The Morgan fingerprint density at radius 2 is 2.09 bits per heavy atom. The van der Waals surface area contributed by atoms with Crippen LogP contribution in [0.15, 0.2) is 12.2 Å². The van der Waals surface area contributed by atoms with Gasteiger partial charge < -0.3 is 14.6 Å². The first-order valence-corrected chi connectivity index (χ1v) is 7.54. The van der Waals surface area contributed by atoms with Crippen LogP contribution in [-0.4, -0.2) is 40.6 Å². The summed E-state index contributed by atoms with van der Waals surface area (Å²) < 4.78 is 10.7. The van der Waals surface area contributed by atoms with Crippen LogP contribution in [-0.2, 0) is 23.9 Å². The molecule has 0 aromatic rings. The van der Waals surface area contributed by atoms with Crippen molar-refractivity contribution in [1.82, 2.24) is 0 Å². The molecule has 2 saturated carbocycles. The highest BCUT2D eigenvalue weighted by atomic mass is 16.6. The summed E-state index contributed by atoms with van der Waals surface area (Å²) >= 11 is 0. The first-order valence-electron chi connectivity index (χ1n) is 7.54. The number of carbonyl (C=O) groups excluding carboxylic acids is 3. The summed E-state index contributed by atoms with van der Waals surface area (Å²) in [6.45, 7) is 6.66. The average molecular weight is 308 g/mol. The predicted octanol–water partition coefficient (Wildman–Crippen LogP) is 0.910. The second-order valence-corrected chi connectivity index (χ2v) is 6.68. The SMILES string of the molecule is C=C1C(=O)O[C@@H]2[C@H]1CC[C@H](OC(C)=O)[C@]1(O)CCC(=O)[C@@]21C. The highest BCUT2D eigenvalue weighted by Crippen LogP contribution is 2.57. The summed E-state index contributed by atoms with van der Waals surface area (Å²) in [5.41, 5.74) is -2.46. The molecular formula is C16H20O6. The molecule has 0 bridgehead atoms. The number of carbonyl (C=O) groups is 3. The smallest absolute Gasteiger partial charge is 0.334 e. The molecular weight excluding hydrogens is 288 g/mol. The third kappa shape index (κ3) is 1.73. The standard InChI is InChI=1S/C16H20O6/c1-8-10-4-5-12(21-9(2)17)16(20)7-6-11(18)15(16,3)13(10)22-14(8)19/h10,12-13,20H,1,4-7H2,2-3H3/t10-,12-,13+,15-,16+/m0/s1. The van der Waals surface area contributed by atoms with E-state index in [0.29, 0.717) is 18.4 Å². The van der Waals surface area contributed by atoms with Crippen LogP contribution in [0.4, 0.5) is 0 Å². The first-order chi connectivity index (χ1) is 10.2. The van der Waals surface area contributed by atoms with Crippen LogP contribution >= 0.6 is 0 Å². The van der Waals surface area contributed by atoms with Gasteiger partial charge in [0.05, 0.1) is 5.41 Å². The summed E-state index contributed by atoms with van der Waals surface area (Å²) in [5.74, 6) is -1.49. The molecule has 6 heteroatoms. The molecule has 0 amide bonds. The molecule has 3 aliphatic rings. The van der Waals surface area contributed by atoms with E-state index in [0.717, 1.165) is 0 Å². The van der Waals surface area contributed by atoms with E-state index in [2.05, 4.69) is 6.58 Å². The van der Waals surface area contributed by atoms with E-state index in [9.17, 15) is 19.5 Å². The van der Waals surface area contributed by atoms with Gasteiger partial charge in [-0.3, -0.25) is 9.59 Å². The quantitative estimate of drug-likeness (QED) is 0.572. The Morgan fingerprint density at radius 1 is 1.41 bits per heavy atom. The summed E-state index contributed by atoms with van der Waals surface area (Å²) in [4.78, 5) is 35.8. The van der Waals surface area contributed by atoms with Gasteiger partial charge in [-0.2, -0.15) is 0 Å². The number of aliphatic hydroxyl groups is 1. The molecule has 3 fully saturated rings. The molecule has 0 aromatic heterocycles. The van der Waals surface area contributed by atoms with Crippen molar-refractivity contribution in [3.8, 4) is 0 Å². The third-order valence-electron chi connectivity index (χ3n) is 5.67. The molecule has 0 spiro atoms. The Balaban J connectivity index is 2.09. The van der Waals surface area contributed by atoms with Crippen LogP contribution in [0.1, 0.15) is 39.5 Å². The second-order valence-electron chi connectivity index (χ2n) is 6.68. The number of esters is 2. The lowest BCUT2D eigenvalue weighted by molar-refractivity contribution is -0.195. The van der Waals surface area contributed by atoms with E-state index < -0.39 is 35.2 Å². The monoisotopic (exact) mass is 308 g/mol. The van der Waals surface area contributed by atoms with Crippen LogP contribution in [0.5, 0.6) is 0 Å². The molecule has 5 atom stereocenters. The van der Waals surface area contributed by atoms with Crippen LogP contribution in [0.2, 0.25) is 0 Å². The lowest BCUT2D eigenvalue weighted by Crippen LogP contribution is -2.59. The first kappa shape index (κ1) is 15.2. The van der Waals surface area contributed by atoms with Crippen molar-refractivity contribution in [2.24, 2.45) is 11.3 Å². The Bertz CT molecular complexity index is 581.